The van der Waals surface area contributed by atoms with E-state index in [2.05, 4.69) is 34.1 Å². The maximum absolute atomic E-state index is 13.2. The SMILES string of the molecule is Cc1cnc(C(C)NC(=O)c2cc(OC[C@H]3CCOC3)cc(-c3ncc(C(C)C)s3)c2)cn1. The van der Waals surface area contributed by atoms with Gasteiger partial charge in [-0.3, -0.25) is 14.8 Å². The second-order valence-electron chi connectivity index (χ2n) is 8.79. The van der Waals surface area contributed by atoms with E-state index in [1.807, 2.05) is 32.2 Å². The average Bonchev–Trinajstić information content (AvgIpc) is 3.50. The smallest absolute Gasteiger partial charge is 0.251 e. The molecule has 7 nitrogen and oxygen atoms in total. The number of benzene rings is 1. The van der Waals surface area contributed by atoms with Crippen molar-refractivity contribution in [3.8, 4) is 16.3 Å². The minimum Gasteiger partial charge on any atom is -0.493 e. The highest BCUT2D eigenvalue weighted by molar-refractivity contribution is 7.15. The van der Waals surface area contributed by atoms with Crippen molar-refractivity contribution < 1.29 is 14.3 Å². The molecule has 1 N–H and O–H groups in total. The number of carbonyl (C=O) groups is 1. The number of thiazole rings is 1. The minimum atomic E-state index is -0.276. The minimum absolute atomic E-state index is 0.193. The van der Waals surface area contributed by atoms with Crippen molar-refractivity contribution in [3.63, 3.8) is 0 Å². The Bertz CT molecular complexity index is 1090. The number of hydrogen-bond donors (Lipinski definition) is 1. The molecule has 1 unspecified atom stereocenters. The molecule has 8 heteroatoms. The number of aryl methyl sites for hydroxylation is 1. The third-order valence-corrected chi connectivity index (χ3v) is 6.96. The normalized spacial score (nSPS) is 16.7. The average molecular weight is 467 g/mol. The molecule has 4 rings (SSSR count). The highest BCUT2D eigenvalue weighted by Crippen LogP contribution is 2.33. The van der Waals surface area contributed by atoms with E-state index in [1.165, 1.54) is 4.88 Å². The fourth-order valence-electron chi connectivity index (χ4n) is 3.53. The summed E-state index contributed by atoms with van der Waals surface area (Å²) in [5.74, 6) is 1.24. The molecule has 1 aliphatic rings. The first-order valence-corrected chi connectivity index (χ1v) is 12.1. The number of nitrogens with one attached hydrogen (secondary N) is 1. The number of carbonyl (C=O) groups excluding carboxylic acids is 1. The van der Waals surface area contributed by atoms with Crippen LogP contribution < -0.4 is 10.1 Å². The highest BCUT2D eigenvalue weighted by Gasteiger charge is 2.19. The van der Waals surface area contributed by atoms with Gasteiger partial charge in [0.1, 0.15) is 10.8 Å². The third-order valence-electron chi connectivity index (χ3n) is 5.61. The van der Waals surface area contributed by atoms with Gasteiger partial charge in [0.05, 0.1) is 36.8 Å². The van der Waals surface area contributed by atoms with Crippen molar-refractivity contribution in [2.45, 2.75) is 46.1 Å². The zero-order chi connectivity index (χ0) is 23.4. The molecule has 1 saturated heterocycles. The molecule has 0 spiro atoms. The van der Waals surface area contributed by atoms with Crippen molar-refractivity contribution in [2.24, 2.45) is 5.92 Å². The predicted molar refractivity (Wildman–Crippen MR) is 129 cm³/mol. The van der Waals surface area contributed by atoms with Gasteiger partial charge in [0, 0.05) is 40.9 Å². The van der Waals surface area contributed by atoms with Crippen LogP contribution in [0.2, 0.25) is 0 Å². The van der Waals surface area contributed by atoms with Crippen LogP contribution in [0.15, 0.2) is 36.8 Å². The molecule has 3 heterocycles. The number of nitrogens with zero attached hydrogens (tertiary/aromatic N) is 3. The fraction of sp³-hybridized carbons (Fsp3) is 0.440. The Morgan fingerprint density at radius 2 is 2.03 bits per heavy atom. The molecule has 1 aliphatic heterocycles. The van der Waals surface area contributed by atoms with Crippen LogP contribution in [0.5, 0.6) is 5.75 Å². The number of aromatic nitrogens is 3. The number of rotatable bonds is 8. The van der Waals surface area contributed by atoms with Gasteiger partial charge in [-0.2, -0.15) is 0 Å². The Morgan fingerprint density at radius 3 is 2.70 bits per heavy atom. The largest absolute Gasteiger partial charge is 0.493 e. The molecule has 3 aromatic rings. The monoisotopic (exact) mass is 466 g/mol. The maximum atomic E-state index is 13.2. The van der Waals surface area contributed by atoms with Gasteiger partial charge >= 0.3 is 0 Å². The molecular formula is C25H30N4O3S. The van der Waals surface area contributed by atoms with Gasteiger partial charge in [0.25, 0.3) is 5.91 Å². The van der Waals surface area contributed by atoms with E-state index < -0.39 is 0 Å². The Labute approximate surface area is 198 Å². The van der Waals surface area contributed by atoms with E-state index in [0.717, 1.165) is 29.3 Å². The summed E-state index contributed by atoms with van der Waals surface area (Å²) in [6.45, 7) is 10.1. The molecule has 2 atom stereocenters. The van der Waals surface area contributed by atoms with Gasteiger partial charge in [-0.1, -0.05) is 13.8 Å². The van der Waals surface area contributed by atoms with Crippen molar-refractivity contribution in [1.29, 1.82) is 0 Å². The topological polar surface area (TPSA) is 86.2 Å². The van der Waals surface area contributed by atoms with Gasteiger partial charge < -0.3 is 14.8 Å². The highest BCUT2D eigenvalue weighted by atomic mass is 32.1. The summed E-state index contributed by atoms with van der Waals surface area (Å²) in [5.41, 5.74) is 2.95. The Hall–Kier alpha value is -2.84. The summed E-state index contributed by atoms with van der Waals surface area (Å²) in [6, 6.07) is 5.35. The molecule has 0 bridgehead atoms. The van der Waals surface area contributed by atoms with Gasteiger partial charge in [0.2, 0.25) is 0 Å². The second kappa shape index (κ2) is 10.4. The molecule has 0 saturated carbocycles. The summed E-state index contributed by atoms with van der Waals surface area (Å²) < 4.78 is 11.5. The predicted octanol–water partition coefficient (Wildman–Crippen LogP) is 4.94. The number of hydrogen-bond acceptors (Lipinski definition) is 7. The fourth-order valence-corrected chi connectivity index (χ4v) is 4.44. The Kier molecular flexibility index (Phi) is 7.35. The molecule has 174 valence electrons. The molecule has 0 radical (unpaired) electrons. The summed E-state index contributed by atoms with van der Waals surface area (Å²) in [6.07, 6.45) is 6.29. The molecule has 0 aliphatic carbocycles. The first kappa shape index (κ1) is 23.3. The van der Waals surface area contributed by atoms with Crippen LogP contribution in [-0.2, 0) is 4.74 Å². The van der Waals surface area contributed by atoms with Gasteiger partial charge in [-0.15, -0.1) is 11.3 Å². The molecule has 1 aromatic carbocycles. The first-order valence-electron chi connectivity index (χ1n) is 11.3. The van der Waals surface area contributed by atoms with Crippen LogP contribution >= 0.6 is 11.3 Å². The van der Waals surface area contributed by atoms with E-state index in [1.54, 1.807) is 29.8 Å². The van der Waals surface area contributed by atoms with E-state index in [4.69, 9.17) is 9.47 Å². The Balaban J connectivity index is 1.58. The van der Waals surface area contributed by atoms with E-state index in [0.29, 0.717) is 42.1 Å². The zero-order valence-electron chi connectivity index (χ0n) is 19.5. The first-order chi connectivity index (χ1) is 15.9. The van der Waals surface area contributed by atoms with Gasteiger partial charge in [-0.05, 0) is 44.4 Å². The Morgan fingerprint density at radius 1 is 1.18 bits per heavy atom. The summed E-state index contributed by atoms with van der Waals surface area (Å²) in [7, 11) is 0. The van der Waals surface area contributed by atoms with Crippen molar-refractivity contribution in [3.05, 3.63) is 58.6 Å². The molecular weight excluding hydrogens is 436 g/mol. The van der Waals surface area contributed by atoms with Crippen LogP contribution in [0, 0.1) is 12.8 Å². The van der Waals surface area contributed by atoms with Crippen molar-refractivity contribution in [2.75, 3.05) is 19.8 Å². The van der Waals surface area contributed by atoms with E-state index in [9.17, 15) is 4.79 Å². The van der Waals surface area contributed by atoms with E-state index >= 15 is 0 Å². The number of ether oxygens (including phenoxy) is 2. The van der Waals surface area contributed by atoms with Crippen LogP contribution in [0.3, 0.4) is 0 Å². The second-order valence-corrected chi connectivity index (χ2v) is 9.85. The maximum Gasteiger partial charge on any atom is 0.251 e. The summed E-state index contributed by atoms with van der Waals surface area (Å²) >= 11 is 1.64. The lowest BCUT2D eigenvalue weighted by atomic mass is 10.1. The zero-order valence-corrected chi connectivity index (χ0v) is 20.3. The standard InChI is InChI=1S/C25H30N4O3S/c1-15(2)23-12-28-25(33-23)20-7-19(8-21(9-20)32-14-18-5-6-31-13-18)24(30)29-17(4)22-11-26-16(3)10-27-22/h7-12,15,17-18H,5-6,13-14H2,1-4H3,(H,29,30)/t17?,18-/m0/s1. The van der Waals surface area contributed by atoms with Crippen molar-refractivity contribution in [1.82, 2.24) is 20.3 Å². The van der Waals surface area contributed by atoms with Crippen LogP contribution in [0.25, 0.3) is 10.6 Å². The van der Waals surface area contributed by atoms with Crippen LogP contribution in [0.1, 0.15) is 65.8 Å². The third kappa shape index (κ3) is 5.94. The lowest BCUT2D eigenvalue weighted by Gasteiger charge is -2.16. The lowest BCUT2D eigenvalue weighted by Crippen LogP contribution is -2.27. The molecule has 1 fully saturated rings. The summed E-state index contributed by atoms with van der Waals surface area (Å²) in [5, 5.41) is 3.90. The number of amides is 1. The van der Waals surface area contributed by atoms with Crippen LogP contribution in [0.4, 0.5) is 0 Å². The molecule has 1 amide bonds. The summed E-state index contributed by atoms with van der Waals surface area (Å²) in [4.78, 5) is 27.6. The molecule has 2 aromatic heterocycles. The van der Waals surface area contributed by atoms with Crippen molar-refractivity contribution >= 4 is 17.2 Å². The van der Waals surface area contributed by atoms with Gasteiger partial charge in [-0.25, -0.2) is 4.98 Å². The lowest BCUT2D eigenvalue weighted by molar-refractivity contribution is 0.0938. The quantitative estimate of drug-likeness (QED) is 0.506. The van der Waals surface area contributed by atoms with Gasteiger partial charge in [0.15, 0.2) is 0 Å². The van der Waals surface area contributed by atoms with Crippen LogP contribution in [-0.4, -0.2) is 40.7 Å². The van der Waals surface area contributed by atoms with E-state index in [-0.39, 0.29) is 11.9 Å². The molecule has 33 heavy (non-hydrogen) atoms.